The highest BCUT2D eigenvalue weighted by molar-refractivity contribution is 7.11. The number of esters is 1. The van der Waals surface area contributed by atoms with Gasteiger partial charge in [-0.25, -0.2) is 4.79 Å². The number of anilines is 2. The van der Waals surface area contributed by atoms with Crippen molar-refractivity contribution < 1.29 is 14.3 Å². The van der Waals surface area contributed by atoms with Crippen LogP contribution < -0.4 is 16.4 Å². The Kier molecular flexibility index (Phi) is 6.23. The van der Waals surface area contributed by atoms with Crippen LogP contribution >= 0.6 is 11.5 Å². The molecule has 0 fully saturated rings. The molecule has 1 aromatic rings. The minimum atomic E-state index is -0.528. The summed E-state index contributed by atoms with van der Waals surface area (Å²) >= 11 is 1.07. The van der Waals surface area contributed by atoms with Gasteiger partial charge in [-0.05, 0) is 24.9 Å². The third-order valence-corrected chi connectivity index (χ3v) is 3.52. The minimum absolute atomic E-state index is 0.0219. The van der Waals surface area contributed by atoms with Crippen LogP contribution in [-0.2, 0) is 9.53 Å². The van der Waals surface area contributed by atoms with E-state index in [4.69, 9.17) is 16.2 Å². The van der Waals surface area contributed by atoms with Gasteiger partial charge in [0, 0.05) is 6.54 Å². The number of rotatable bonds is 8. The monoisotopic (exact) mass is 300 g/mol. The van der Waals surface area contributed by atoms with Gasteiger partial charge in [-0.2, -0.15) is 4.37 Å². The number of hydrogen-bond acceptors (Lipinski definition) is 7. The first-order valence-electron chi connectivity index (χ1n) is 6.46. The van der Waals surface area contributed by atoms with Gasteiger partial charge in [0.05, 0.1) is 13.2 Å². The first-order valence-corrected chi connectivity index (χ1v) is 7.24. The van der Waals surface area contributed by atoms with Crippen molar-refractivity contribution in [2.24, 2.45) is 5.73 Å². The molecule has 20 heavy (non-hydrogen) atoms. The maximum absolute atomic E-state index is 11.9. The topological polar surface area (TPSA) is 112 Å². The second-order valence-electron chi connectivity index (χ2n) is 4.21. The van der Waals surface area contributed by atoms with Crippen LogP contribution in [-0.4, -0.2) is 35.9 Å². The van der Waals surface area contributed by atoms with Gasteiger partial charge in [0.1, 0.15) is 10.6 Å². The SMILES string of the molecule is CCCCN(CC(N)=O)c1snc(N)c1C(=O)OCC. The second-order valence-corrected chi connectivity index (χ2v) is 4.96. The average molecular weight is 300 g/mol. The first kappa shape index (κ1) is 16.2. The molecule has 0 saturated heterocycles. The summed E-state index contributed by atoms with van der Waals surface area (Å²) in [6, 6.07) is 0. The Morgan fingerprint density at radius 3 is 2.65 bits per heavy atom. The zero-order chi connectivity index (χ0) is 15.1. The van der Waals surface area contributed by atoms with Crippen molar-refractivity contribution in [1.82, 2.24) is 4.37 Å². The second kappa shape index (κ2) is 7.68. The Labute approximate surface area is 122 Å². The fourth-order valence-electron chi connectivity index (χ4n) is 1.69. The third-order valence-electron chi connectivity index (χ3n) is 2.60. The van der Waals surface area contributed by atoms with E-state index in [0.717, 1.165) is 24.4 Å². The molecule has 0 atom stereocenters. The summed E-state index contributed by atoms with van der Waals surface area (Å²) in [5, 5.41) is 0.535. The van der Waals surface area contributed by atoms with Gasteiger partial charge in [-0.3, -0.25) is 4.79 Å². The van der Waals surface area contributed by atoms with Gasteiger partial charge < -0.3 is 21.1 Å². The van der Waals surface area contributed by atoms with Crippen LogP contribution in [0.4, 0.5) is 10.8 Å². The van der Waals surface area contributed by atoms with Crippen molar-refractivity contribution in [3.8, 4) is 0 Å². The van der Waals surface area contributed by atoms with Crippen LogP contribution in [0.25, 0.3) is 0 Å². The number of ether oxygens (including phenoxy) is 1. The van der Waals surface area contributed by atoms with Gasteiger partial charge >= 0.3 is 5.97 Å². The van der Waals surface area contributed by atoms with Crippen molar-refractivity contribution in [2.75, 3.05) is 30.3 Å². The molecule has 0 bridgehead atoms. The lowest BCUT2D eigenvalue weighted by Crippen LogP contribution is -2.35. The molecule has 4 N–H and O–H groups in total. The molecule has 0 unspecified atom stereocenters. The standard InChI is InChI=1S/C12H20N4O3S/c1-3-5-6-16(7-8(13)17)11-9(10(14)15-20-11)12(18)19-4-2/h3-7H2,1-2H3,(H2,13,17)(H2,14,15). The molecular weight excluding hydrogens is 280 g/mol. The zero-order valence-electron chi connectivity index (χ0n) is 11.7. The van der Waals surface area contributed by atoms with Crippen LogP contribution in [0.3, 0.4) is 0 Å². The molecule has 1 aromatic heterocycles. The molecule has 1 amide bonds. The van der Waals surface area contributed by atoms with Crippen molar-refractivity contribution in [3.63, 3.8) is 0 Å². The summed E-state index contributed by atoms with van der Waals surface area (Å²) in [5.41, 5.74) is 11.2. The van der Waals surface area contributed by atoms with E-state index in [0.29, 0.717) is 11.5 Å². The van der Waals surface area contributed by atoms with Crippen LogP contribution in [0.5, 0.6) is 0 Å². The van der Waals surface area contributed by atoms with E-state index in [9.17, 15) is 9.59 Å². The number of nitrogen functional groups attached to an aromatic ring is 1. The van der Waals surface area contributed by atoms with E-state index in [-0.39, 0.29) is 24.5 Å². The zero-order valence-corrected chi connectivity index (χ0v) is 12.5. The summed E-state index contributed by atoms with van der Waals surface area (Å²) in [5.74, 6) is -0.878. The van der Waals surface area contributed by atoms with E-state index in [1.54, 1.807) is 11.8 Å². The van der Waals surface area contributed by atoms with Gasteiger partial charge in [0.2, 0.25) is 5.91 Å². The number of aromatic nitrogens is 1. The molecule has 0 aliphatic rings. The fourth-order valence-corrected chi connectivity index (χ4v) is 2.52. The number of unbranched alkanes of at least 4 members (excludes halogenated alkanes) is 1. The Morgan fingerprint density at radius 2 is 2.10 bits per heavy atom. The molecule has 112 valence electrons. The highest BCUT2D eigenvalue weighted by Crippen LogP contribution is 2.31. The molecule has 0 saturated carbocycles. The number of carbonyl (C=O) groups is 2. The van der Waals surface area contributed by atoms with Crippen LogP contribution in [0.1, 0.15) is 37.0 Å². The van der Waals surface area contributed by atoms with Crippen LogP contribution in [0.2, 0.25) is 0 Å². The molecule has 0 aliphatic carbocycles. The van der Waals surface area contributed by atoms with Gasteiger partial charge in [0.25, 0.3) is 0 Å². The molecule has 0 spiro atoms. The Hall–Kier alpha value is -1.83. The number of carbonyl (C=O) groups excluding carboxylic acids is 2. The first-order chi connectivity index (χ1) is 9.51. The van der Waals surface area contributed by atoms with E-state index in [1.165, 1.54) is 0 Å². The summed E-state index contributed by atoms with van der Waals surface area (Å²) in [6.45, 7) is 4.63. The summed E-state index contributed by atoms with van der Waals surface area (Å²) in [4.78, 5) is 24.8. The Bertz CT molecular complexity index is 475. The number of primary amides is 1. The molecule has 0 radical (unpaired) electrons. The quantitative estimate of drug-likeness (QED) is 0.693. The maximum atomic E-state index is 11.9. The predicted molar refractivity (Wildman–Crippen MR) is 78.8 cm³/mol. The van der Waals surface area contributed by atoms with E-state index >= 15 is 0 Å². The molecule has 1 rings (SSSR count). The van der Waals surface area contributed by atoms with Gasteiger partial charge in [-0.1, -0.05) is 13.3 Å². The normalized spacial score (nSPS) is 10.3. The fraction of sp³-hybridized carbons (Fsp3) is 0.583. The molecule has 7 nitrogen and oxygen atoms in total. The van der Waals surface area contributed by atoms with Crippen molar-refractivity contribution in [3.05, 3.63) is 5.56 Å². The number of hydrogen-bond donors (Lipinski definition) is 2. The van der Waals surface area contributed by atoms with Gasteiger partial charge in [-0.15, -0.1) is 0 Å². The molecular formula is C12H20N4O3S. The number of nitrogens with zero attached hydrogens (tertiary/aromatic N) is 2. The van der Waals surface area contributed by atoms with Crippen LogP contribution in [0.15, 0.2) is 0 Å². The predicted octanol–water partition coefficient (Wildman–Crippen LogP) is 0.994. The number of amides is 1. The largest absolute Gasteiger partial charge is 0.462 e. The van der Waals surface area contributed by atoms with Gasteiger partial charge in [0.15, 0.2) is 5.82 Å². The van der Waals surface area contributed by atoms with Crippen molar-refractivity contribution in [2.45, 2.75) is 26.7 Å². The highest BCUT2D eigenvalue weighted by Gasteiger charge is 2.25. The third kappa shape index (κ3) is 4.09. The molecule has 0 aromatic carbocycles. The molecule has 8 heteroatoms. The van der Waals surface area contributed by atoms with E-state index in [1.807, 2.05) is 6.92 Å². The van der Waals surface area contributed by atoms with Crippen molar-refractivity contribution >= 4 is 34.2 Å². The summed E-state index contributed by atoms with van der Waals surface area (Å²) < 4.78 is 8.95. The van der Waals surface area contributed by atoms with E-state index in [2.05, 4.69) is 4.37 Å². The molecule has 0 aliphatic heterocycles. The summed E-state index contributed by atoms with van der Waals surface area (Å²) in [6.07, 6.45) is 1.83. The lowest BCUT2D eigenvalue weighted by Gasteiger charge is -2.21. The highest BCUT2D eigenvalue weighted by atomic mass is 32.1. The van der Waals surface area contributed by atoms with Crippen LogP contribution in [0, 0.1) is 0 Å². The smallest absolute Gasteiger partial charge is 0.345 e. The average Bonchev–Trinajstić information content (AvgIpc) is 2.76. The van der Waals surface area contributed by atoms with E-state index < -0.39 is 11.9 Å². The Morgan fingerprint density at radius 1 is 1.40 bits per heavy atom. The lowest BCUT2D eigenvalue weighted by atomic mass is 10.2. The Balaban J connectivity index is 3.06. The number of nitrogens with two attached hydrogens (primary N) is 2. The summed E-state index contributed by atoms with van der Waals surface area (Å²) in [7, 11) is 0. The van der Waals surface area contributed by atoms with Crippen molar-refractivity contribution in [1.29, 1.82) is 0 Å². The maximum Gasteiger partial charge on any atom is 0.345 e. The minimum Gasteiger partial charge on any atom is -0.462 e. The lowest BCUT2D eigenvalue weighted by molar-refractivity contribution is -0.116. The molecule has 1 heterocycles.